The van der Waals surface area contributed by atoms with Gasteiger partial charge < -0.3 is 18.9 Å². The summed E-state index contributed by atoms with van der Waals surface area (Å²) in [5.41, 5.74) is 18.6. The Morgan fingerprint density at radius 1 is 0.500 bits per heavy atom. The Morgan fingerprint density at radius 3 is 1.44 bits per heavy atom. The minimum absolute atomic E-state index is 0.751. The summed E-state index contributed by atoms with van der Waals surface area (Å²) in [5, 5.41) is 1.16. The minimum atomic E-state index is -1.69. The van der Waals surface area contributed by atoms with Gasteiger partial charge >= 0.3 is 6.28 Å². The molecule has 10 heteroatoms. The number of methoxy groups -OCH3 is 2. The second-order valence-electron chi connectivity index (χ2n) is 17.8. The quantitative estimate of drug-likeness (QED) is 0.0957. The van der Waals surface area contributed by atoms with Gasteiger partial charge in [-0.25, -0.2) is 0 Å². The van der Waals surface area contributed by atoms with Crippen LogP contribution in [-0.4, -0.2) is 26.8 Å². The highest BCUT2D eigenvalue weighted by molar-refractivity contribution is 7.31. The maximum absolute atomic E-state index is 12.6. The van der Waals surface area contributed by atoms with E-state index in [9.17, 15) is 4.79 Å². The minimum Gasteiger partial charge on any atom is -0.497 e. The molecule has 0 spiro atoms. The van der Waals surface area contributed by atoms with E-state index in [4.69, 9.17) is 9.47 Å². The molecule has 330 valence electrons. The molecule has 9 aromatic rings. The van der Waals surface area contributed by atoms with Crippen molar-refractivity contribution in [2.75, 3.05) is 19.1 Å². The zero-order valence-electron chi connectivity index (χ0n) is 39.0. The smallest absolute Gasteiger partial charge is 0.363 e. The number of anilines is 3. The molecule has 66 heavy (non-hydrogen) atoms. The Morgan fingerprint density at radius 2 is 0.939 bits per heavy atom. The molecule has 0 aliphatic carbocycles. The molecule has 0 radical (unpaired) electrons. The number of aldehydes is 1. The van der Waals surface area contributed by atoms with Gasteiger partial charge in [0, 0.05) is 41.4 Å². The van der Waals surface area contributed by atoms with Crippen LogP contribution in [0.4, 0.5) is 17.1 Å². The fraction of sp³-hybridized carbons (Fsp3) is 0.179. The number of carbonyl (C=O) groups excluding carboxylic acids is 1. The van der Waals surface area contributed by atoms with Crippen molar-refractivity contribution < 1.29 is 18.7 Å². The van der Waals surface area contributed by atoms with Crippen LogP contribution in [-0.2, 0) is 0 Å². The Balaban J connectivity index is 1.04. The van der Waals surface area contributed by atoms with E-state index in [1.165, 1.54) is 95.7 Å². The van der Waals surface area contributed by atoms with Crippen molar-refractivity contribution >= 4 is 91.4 Å². The Hall–Kier alpha value is -6.04. The molecule has 0 fully saturated rings. The van der Waals surface area contributed by atoms with Crippen LogP contribution in [0.2, 0.25) is 0 Å². The molecule has 0 saturated heterocycles. The summed E-state index contributed by atoms with van der Waals surface area (Å²) in [6.45, 7) is 18.0. The van der Waals surface area contributed by atoms with Gasteiger partial charge in [0.15, 0.2) is 6.29 Å². The van der Waals surface area contributed by atoms with Gasteiger partial charge in [-0.3, -0.25) is 4.79 Å². The van der Waals surface area contributed by atoms with Crippen molar-refractivity contribution in [3.8, 4) is 51.3 Å². The number of thiazole rings is 1. The first kappa shape index (κ1) is 43.8. The summed E-state index contributed by atoms with van der Waals surface area (Å²) in [7, 11) is 3.38. The van der Waals surface area contributed by atoms with Gasteiger partial charge in [-0.15, -0.1) is 50.4 Å². The molecule has 0 amide bonds. The van der Waals surface area contributed by atoms with E-state index in [1.54, 1.807) is 25.6 Å². The SMILES string of the molecule is COc1ccc(N(c2ccc(OC)cc2)c2ccc(-c3sc(-c4sc(-c5cc6c(s5)-c5sc(C=O)c[n+]5[B-]6(c5c(C)cc(C)cc5C)c5c(C)cc(C)cc5C)cc4C)cc3C)cc2)cc1. The summed E-state index contributed by atoms with van der Waals surface area (Å²) in [4.78, 5) is 23.2. The number of fused-ring (bicyclic) bond motifs is 3. The number of ether oxygens (including phenoxy) is 2. The van der Waals surface area contributed by atoms with Gasteiger partial charge in [-0.1, -0.05) is 87.2 Å². The predicted molar refractivity (Wildman–Crippen MR) is 284 cm³/mol. The molecule has 0 saturated carbocycles. The first-order valence-electron chi connectivity index (χ1n) is 22.2. The van der Waals surface area contributed by atoms with Crippen LogP contribution in [0.15, 0.2) is 121 Å². The summed E-state index contributed by atoms with van der Waals surface area (Å²) < 4.78 is 13.4. The van der Waals surface area contributed by atoms with Crippen LogP contribution in [0, 0.1) is 55.4 Å². The summed E-state index contributed by atoms with van der Waals surface area (Å²) in [6, 6.07) is 41.8. The van der Waals surface area contributed by atoms with Crippen LogP contribution in [0.5, 0.6) is 11.5 Å². The number of aryl methyl sites for hydroxylation is 8. The van der Waals surface area contributed by atoms with E-state index in [1.807, 2.05) is 58.3 Å². The van der Waals surface area contributed by atoms with E-state index in [0.717, 1.165) is 44.7 Å². The van der Waals surface area contributed by atoms with Gasteiger partial charge in [0.2, 0.25) is 5.01 Å². The maximum Gasteiger partial charge on any atom is 0.363 e. The molecule has 4 aromatic heterocycles. The number of carbonyl (C=O) groups is 1. The molecule has 0 bridgehead atoms. The van der Waals surface area contributed by atoms with E-state index < -0.39 is 6.28 Å². The van der Waals surface area contributed by atoms with Crippen molar-refractivity contribution in [3.63, 3.8) is 0 Å². The van der Waals surface area contributed by atoms with Gasteiger partial charge in [0.1, 0.15) is 22.6 Å². The Bertz CT molecular complexity index is 3180. The van der Waals surface area contributed by atoms with Crippen molar-refractivity contribution in [3.05, 3.63) is 171 Å². The highest BCUT2D eigenvalue weighted by atomic mass is 32.1. The van der Waals surface area contributed by atoms with Crippen molar-refractivity contribution in [2.45, 2.75) is 55.4 Å². The number of benzene rings is 5. The van der Waals surface area contributed by atoms with Gasteiger partial charge in [0.25, 0.3) is 0 Å². The van der Waals surface area contributed by atoms with E-state index in [0.29, 0.717) is 0 Å². The summed E-state index contributed by atoms with van der Waals surface area (Å²) in [6.07, 6.45) is 1.47. The van der Waals surface area contributed by atoms with Crippen LogP contribution in [0.1, 0.15) is 54.2 Å². The third-order valence-corrected chi connectivity index (χ3v) is 18.5. The summed E-state index contributed by atoms with van der Waals surface area (Å²) >= 11 is 7.25. The average Bonchev–Trinajstić information content (AvgIpc) is 4.13. The van der Waals surface area contributed by atoms with E-state index >= 15 is 0 Å². The highest BCUT2D eigenvalue weighted by Crippen LogP contribution is 2.48. The lowest BCUT2D eigenvalue weighted by Crippen LogP contribution is -2.84. The fourth-order valence-corrected chi connectivity index (χ4v) is 15.9. The van der Waals surface area contributed by atoms with Crippen molar-refractivity contribution in [2.24, 2.45) is 0 Å². The number of nitrogens with zero attached hydrogens (tertiary/aromatic N) is 2. The first-order chi connectivity index (χ1) is 31.8. The second-order valence-corrected chi connectivity index (χ2v) is 22.0. The molecular weight excluding hydrogens is 888 g/mol. The molecule has 1 aliphatic heterocycles. The maximum atomic E-state index is 12.6. The molecule has 0 N–H and O–H groups in total. The van der Waals surface area contributed by atoms with Crippen LogP contribution >= 0.6 is 45.3 Å². The number of aromatic nitrogens is 1. The third kappa shape index (κ3) is 7.17. The van der Waals surface area contributed by atoms with Crippen molar-refractivity contribution in [1.82, 2.24) is 0 Å². The molecule has 5 nitrogen and oxygen atoms in total. The zero-order chi connectivity index (χ0) is 46.2. The van der Waals surface area contributed by atoms with Crippen LogP contribution in [0.25, 0.3) is 39.8 Å². The number of hydrogen-bond donors (Lipinski definition) is 0. The molecule has 5 aromatic carbocycles. The molecule has 0 atom stereocenters. The highest BCUT2D eigenvalue weighted by Gasteiger charge is 2.55. The number of hydrogen-bond acceptors (Lipinski definition) is 8. The van der Waals surface area contributed by atoms with Gasteiger partial charge in [0.05, 0.1) is 19.1 Å². The summed E-state index contributed by atoms with van der Waals surface area (Å²) in [5.74, 6) is 1.64. The number of rotatable bonds is 11. The second kappa shape index (κ2) is 17.0. The molecule has 1 aliphatic rings. The number of thiophene rings is 3. The monoisotopic (exact) mass is 938 g/mol. The Kier molecular flexibility index (Phi) is 11.3. The first-order valence-corrected chi connectivity index (χ1v) is 25.5. The van der Waals surface area contributed by atoms with E-state index in [2.05, 4.69) is 162 Å². The third-order valence-electron chi connectivity index (χ3n) is 13.3. The zero-order valence-corrected chi connectivity index (χ0v) is 42.2. The largest absolute Gasteiger partial charge is 0.497 e. The van der Waals surface area contributed by atoms with E-state index in [-0.39, 0.29) is 0 Å². The Labute approximate surface area is 404 Å². The van der Waals surface area contributed by atoms with Gasteiger partial charge in [-0.05, 0) is 145 Å². The average molecular weight is 939 g/mol. The lowest BCUT2D eigenvalue weighted by Gasteiger charge is -2.37. The van der Waals surface area contributed by atoms with Crippen molar-refractivity contribution in [1.29, 1.82) is 0 Å². The molecule has 10 rings (SSSR count). The fourth-order valence-electron chi connectivity index (χ4n) is 10.9. The normalized spacial score (nSPS) is 12.6. The van der Waals surface area contributed by atoms with Crippen LogP contribution < -0.4 is 35.2 Å². The predicted octanol–water partition coefficient (Wildman–Crippen LogP) is 13.5. The molecule has 0 unspecified atom stereocenters. The lowest BCUT2D eigenvalue weighted by molar-refractivity contribution is -0.518. The molecular formula is C56H51BN2O3S4. The molecule has 5 heterocycles. The lowest BCUT2D eigenvalue weighted by atomic mass is 9.23. The van der Waals surface area contributed by atoms with Crippen LogP contribution in [0.3, 0.4) is 0 Å². The topological polar surface area (TPSA) is 42.7 Å². The van der Waals surface area contributed by atoms with Gasteiger partial charge in [-0.2, -0.15) is 0 Å². The standard InChI is InChI=1S/C56H51BN2O3S4/c1-32-23-34(3)51(35(4)24-32)57(52-36(5)25-33(2)26-37(52)6)47-29-49(65-55(47)56-58(57)30-46(31-60)63-56)48-27-39(8)54(64-48)50-28-38(7)53(66-50)40-11-13-41(14-12-40)59(42-15-19-44(61-9)20-16-42)43-17-21-45(62-10)22-18-43/h11-31H,1-10H3.